The Morgan fingerprint density at radius 3 is 3.06 bits per heavy atom. The summed E-state index contributed by atoms with van der Waals surface area (Å²) in [7, 11) is 2.00. The Bertz CT molecular complexity index is 364. The summed E-state index contributed by atoms with van der Waals surface area (Å²) in [5, 5.41) is 3.25. The van der Waals surface area contributed by atoms with Crippen molar-refractivity contribution in [3.8, 4) is 0 Å². The number of nitrogens with zero attached hydrogens (tertiary/aromatic N) is 3. The summed E-state index contributed by atoms with van der Waals surface area (Å²) in [6, 6.07) is 2.56. The molecule has 1 atom stereocenters. The van der Waals surface area contributed by atoms with E-state index in [9.17, 15) is 0 Å². The van der Waals surface area contributed by atoms with Crippen molar-refractivity contribution in [1.29, 1.82) is 0 Å². The predicted molar refractivity (Wildman–Crippen MR) is 70.4 cm³/mol. The highest BCUT2D eigenvalue weighted by molar-refractivity contribution is 5.34. The zero-order valence-electron chi connectivity index (χ0n) is 11.0. The topological polar surface area (TPSA) is 41.0 Å². The molecule has 17 heavy (non-hydrogen) atoms. The van der Waals surface area contributed by atoms with Gasteiger partial charge in [-0.15, -0.1) is 0 Å². The molecule has 0 bridgehead atoms. The van der Waals surface area contributed by atoms with Crippen LogP contribution < -0.4 is 10.2 Å². The number of rotatable bonds is 4. The molecule has 1 aliphatic heterocycles. The van der Waals surface area contributed by atoms with Gasteiger partial charge in [0.15, 0.2) is 0 Å². The summed E-state index contributed by atoms with van der Waals surface area (Å²) in [4.78, 5) is 11.4. The summed E-state index contributed by atoms with van der Waals surface area (Å²) < 4.78 is 0. The Balaban J connectivity index is 2.18. The highest BCUT2D eigenvalue weighted by Crippen LogP contribution is 2.23. The molecular weight excluding hydrogens is 212 g/mol. The van der Waals surface area contributed by atoms with Crippen LogP contribution in [0.3, 0.4) is 0 Å². The van der Waals surface area contributed by atoms with Crippen LogP contribution in [-0.2, 0) is 0 Å². The molecule has 0 saturated carbocycles. The predicted octanol–water partition coefficient (Wildman–Crippen LogP) is 1.79. The third-order valence-corrected chi connectivity index (χ3v) is 3.33. The fourth-order valence-corrected chi connectivity index (χ4v) is 2.37. The maximum absolute atomic E-state index is 4.67. The van der Waals surface area contributed by atoms with Crippen LogP contribution in [0.15, 0.2) is 12.3 Å². The first kappa shape index (κ1) is 12.3. The molecular formula is C13H22N4. The quantitative estimate of drug-likeness (QED) is 0.862. The van der Waals surface area contributed by atoms with Gasteiger partial charge in [0.1, 0.15) is 0 Å². The number of anilines is 1. The molecule has 4 heteroatoms. The lowest BCUT2D eigenvalue weighted by atomic mass is 10.1. The molecule has 0 aliphatic carbocycles. The van der Waals surface area contributed by atoms with E-state index in [1.54, 1.807) is 0 Å². The van der Waals surface area contributed by atoms with Crippen molar-refractivity contribution in [2.75, 3.05) is 25.0 Å². The molecule has 4 nitrogen and oxygen atoms in total. The standard InChI is InChI=1S/C13H22N4/c1-10(2)12-6-7-15-13(16-12)17-8-4-5-11(17)9-14-3/h6-7,10-11,14H,4-5,8-9H2,1-3H3/t11-/m1/s1. The van der Waals surface area contributed by atoms with Gasteiger partial charge in [-0.3, -0.25) is 0 Å². The smallest absolute Gasteiger partial charge is 0.225 e. The highest BCUT2D eigenvalue weighted by Gasteiger charge is 2.26. The maximum Gasteiger partial charge on any atom is 0.225 e. The molecule has 1 aromatic rings. The van der Waals surface area contributed by atoms with Crippen molar-refractivity contribution in [2.45, 2.75) is 38.6 Å². The average molecular weight is 234 g/mol. The molecule has 0 spiro atoms. The molecule has 0 unspecified atom stereocenters. The van der Waals surface area contributed by atoms with Crippen molar-refractivity contribution < 1.29 is 0 Å². The van der Waals surface area contributed by atoms with Crippen molar-refractivity contribution in [1.82, 2.24) is 15.3 Å². The van der Waals surface area contributed by atoms with E-state index >= 15 is 0 Å². The minimum Gasteiger partial charge on any atom is -0.337 e. The first-order chi connectivity index (χ1) is 8.22. The van der Waals surface area contributed by atoms with Crippen LogP contribution in [0, 0.1) is 0 Å². The molecule has 1 aromatic heterocycles. The molecule has 94 valence electrons. The van der Waals surface area contributed by atoms with Crippen LogP contribution in [0.2, 0.25) is 0 Å². The first-order valence-corrected chi connectivity index (χ1v) is 6.46. The summed E-state index contributed by atoms with van der Waals surface area (Å²) in [5.74, 6) is 1.36. The van der Waals surface area contributed by atoms with Gasteiger partial charge in [0.05, 0.1) is 0 Å². The van der Waals surface area contributed by atoms with Gasteiger partial charge in [-0.05, 0) is 31.9 Å². The number of hydrogen-bond acceptors (Lipinski definition) is 4. The van der Waals surface area contributed by atoms with Crippen molar-refractivity contribution in [2.24, 2.45) is 0 Å². The Kier molecular flexibility index (Phi) is 3.94. The van der Waals surface area contributed by atoms with Crippen LogP contribution in [0.25, 0.3) is 0 Å². The van der Waals surface area contributed by atoms with Crippen LogP contribution in [0.4, 0.5) is 5.95 Å². The van der Waals surface area contributed by atoms with Crippen LogP contribution in [-0.4, -0.2) is 36.1 Å². The van der Waals surface area contributed by atoms with Crippen LogP contribution >= 0.6 is 0 Å². The molecule has 0 aromatic carbocycles. The molecule has 1 N–H and O–H groups in total. The monoisotopic (exact) mass is 234 g/mol. The summed E-state index contributed by atoms with van der Waals surface area (Å²) in [6.45, 7) is 6.42. The van der Waals surface area contributed by atoms with Crippen LogP contribution in [0.5, 0.6) is 0 Å². The maximum atomic E-state index is 4.67. The lowest BCUT2D eigenvalue weighted by Gasteiger charge is -2.24. The Morgan fingerprint density at radius 1 is 1.53 bits per heavy atom. The van der Waals surface area contributed by atoms with Gasteiger partial charge < -0.3 is 10.2 Å². The molecule has 1 aliphatic rings. The van der Waals surface area contributed by atoms with Gasteiger partial charge in [0, 0.05) is 31.0 Å². The Labute approximate surface area is 103 Å². The van der Waals surface area contributed by atoms with E-state index in [1.807, 2.05) is 19.3 Å². The lowest BCUT2D eigenvalue weighted by Crippen LogP contribution is -2.37. The molecule has 1 saturated heterocycles. The van der Waals surface area contributed by atoms with Crippen LogP contribution in [0.1, 0.15) is 38.3 Å². The molecule has 2 heterocycles. The van der Waals surface area contributed by atoms with E-state index in [0.29, 0.717) is 12.0 Å². The normalized spacial score (nSPS) is 20.2. The van der Waals surface area contributed by atoms with E-state index < -0.39 is 0 Å². The second-order valence-electron chi connectivity index (χ2n) is 4.98. The Morgan fingerprint density at radius 2 is 2.35 bits per heavy atom. The minimum atomic E-state index is 0.460. The van der Waals surface area contributed by atoms with E-state index in [2.05, 4.69) is 34.0 Å². The number of nitrogens with one attached hydrogen (secondary N) is 1. The lowest BCUT2D eigenvalue weighted by molar-refractivity contribution is 0.605. The Hall–Kier alpha value is -1.16. The van der Waals surface area contributed by atoms with Crippen molar-refractivity contribution >= 4 is 5.95 Å². The third-order valence-electron chi connectivity index (χ3n) is 3.33. The molecule has 2 rings (SSSR count). The van der Waals surface area contributed by atoms with Gasteiger partial charge in [0.2, 0.25) is 5.95 Å². The van der Waals surface area contributed by atoms with Gasteiger partial charge in [-0.25, -0.2) is 9.97 Å². The van der Waals surface area contributed by atoms with Gasteiger partial charge in [-0.1, -0.05) is 13.8 Å². The molecule has 0 amide bonds. The number of hydrogen-bond donors (Lipinski definition) is 1. The molecule has 1 fully saturated rings. The van der Waals surface area contributed by atoms with Crippen molar-refractivity contribution in [3.63, 3.8) is 0 Å². The summed E-state index contributed by atoms with van der Waals surface area (Å²) >= 11 is 0. The van der Waals surface area contributed by atoms with Crippen molar-refractivity contribution in [3.05, 3.63) is 18.0 Å². The summed E-state index contributed by atoms with van der Waals surface area (Å²) in [5.41, 5.74) is 1.13. The van der Waals surface area contributed by atoms with Gasteiger partial charge in [-0.2, -0.15) is 0 Å². The fraction of sp³-hybridized carbons (Fsp3) is 0.692. The number of likely N-dealkylation sites (N-methyl/N-ethyl adjacent to an activating group) is 1. The summed E-state index contributed by atoms with van der Waals surface area (Å²) in [6.07, 6.45) is 4.35. The largest absolute Gasteiger partial charge is 0.337 e. The second kappa shape index (κ2) is 5.45. The van der Waals surface area contributed by atoms with E-state index in [0.717, 1.165) is 24.7 Å². The third kappa shape index (κ3) is 2.75. The van der Waals surface area contributed by atoms with E-state index in [1.165, 1.54) is 12.8 Å². The molecule has 0 radical (unpaired) electrons. The average Bonchev–Trinajstić information content (AvgIpc) is 2.78. The second-order valence-corrected chi connectivity index (χ2v) is 4.98. The van der Waals surface area contributed by atoms with Gasteiger partial charge in [0.25, 0.3) is 0 Å². The fourth-order valence-electron chi connectivity index (χ4n) is 2.37. The highest BCUT2D eigenvalue weighted by atomic mass is 15.3. The first-order valence-electron chi connectivity index (χ1n) is 6.46. The van der Waals surface area contributed by atoms with E-state index in [-0.39, 0.29) is 0 Å². The van der Waals surface area contributed by atoms with E-state index in [4.69, 9.17) is 0 Å². The zero-order valence-corrected chi connectivity index (χ0v) is 11.0. The number of aromatic nitrogens is 2. The zero-order chi connectivity index (χ0) is 12.3. The SMILES string of the molecule is CNC[C@H]1CCCN1c1nccc(C(C)C)n1. The minimum absolute atomic E-state index is 0.460. The van der Waals surface area contributed by atoms with Gasteiger partial charge >= 0.3 is 0 Å².